The van der Waals surface area contributed by atoms with Gasteiger partial charge in [0.2, 0.25) is 0 Å². The Balaban J connectivity index is 1.88. The maximum absolute atomic E-state index is 13.1. The minimum absolute atomic E-state index is 0.0334. The van der Waals surface area contributed by atoms with Gasteiger partial charge in [0.1, 0.15) is 22.8 Å². The van der Waals surface area contributed by atoms with Gasteiger partial charge in [0.05, 0.1) is 0 Å². The van der Waals surface area contributed by atoms with E-state index in [1.807, 2.05) is 0 Å². The lowest BCUT2D eigenvalue weighted by Crippen LogP contribution is -2.10. The van der Waals surface area contributed by atoms with E-state index in [4.69, 9.17) is 4.42 Å². The number of hydrogen-bond acceptors (Lipinski definition) is 4. The van der Waals surface area contributed by atoms with E-state index in [9.17, 15) is 14.3 Å². The lowest BCUT2D eigenvalue weighted by molar-refractivity contribution is 0.473. The first kappa shape index (κ1) is 13.2. The number of phenols is 1. The van der Waals surface area contributed by atoms with Gasteiger partial charge in [0, 0.05) is 18.0 Å². The van der Waals surface area contributed by atoms with E-state index >= 15 is 0 Å². The van der Waals surface area contributed by atoms with Gasteiger partial charge in [-0.2, -0.15) is 0 Å². The van der Waals surface area contributed by atoms with E-state index in [0.717, 1.165) is 5.56 Å². The third-order valence-corrected chi connectivity index (χ3v) is 3.09. The van der Waals surface area contributed by atoms with Crippen LogP contribution in [-0.4, -0.2) is 5.11 Å². The number of nitrogens with one attached hydrogen (secondary N) is 1. The summed E-state index contributed by atoms with van der Waals surface area (Å²) in [6.45, 7) is 0.312. The van der Waals surface area contributed by atoms with Gasteiger partial charge in [0.15, 0.2) is 0 Å². The Morgan fingerprint density at radius 1 is 1.14 bits per heavy atom. The topological polar surface area (TPSA) is 62.5 Å². The summed E-state index contributed by atoms with van der Waals surface area (Å²) in [6, 6.07) is 12.3. The van der Waals surface area contributed by atoms with Crippen LogP contribution in [0.25, 0.3) is 11.0 Å². The first-order chi connectivity index (χ1) is 10.1. The molecule has 0 saturated heterocycles. The molecular weight excluding hydrogens is 273 g/mol. The highest BCUT2D eigenvalue weighted by Gasteiger charge is 2.06. The molecule has 4 nitrogen and oxygen atoms in total. The summed E-state index contributed by atoms with van der Waals surface area (Å²) < 4.78 is 18.2. The summed E-state index contributed by atoms with van der Waals surface area (Å²) in [7, 11) is 0. The van der Waals surface area contributed by atoms with Gasteiger partial charge in [-0.15, -0.1) is 0 Å². The van der Waals surface area contributed by atoms with Crippen molar-refractivity contribution in [1.82, 2.24) is 0 Å². The number of rotatable bonds is 3. The monoisotopic (exact) mass is 285 g/mol. The Kier molecular flexibility index (Phi) is 3.31. The molecule has 1 heterocycles. The molecule has 0 atom stereocenters. The molecule has 2 N–H and O–H groups in total. The van der Waals surface area contributed by atoms with Crippen LogP contribution in [0.15, 0.2) is 57.7 Å². The van der Waals surface area contributed by atoms with Crippen molar-refractivity contribution in [3.63, 3.8) is 0 Å². The SMILES string of the molecule is O=c1oc2cc(O)ccc2cc1NCc1cccc(F)c1. The Morgan fingerprint density at radius 3 is 2.81 bits per heavy atom. The van der Waals surface area contributed by atoms with Crippen LogP contribution >= 0.6 is 0 Å². The van der Waals surface area contributed by atoms with E-state index in [1.54, 1.807) is 24.3 Å². The molecule has 5 heteroatoms. The molecule has 3 rings (SSSR count). The number of phenolic OH excluding ortho intramolecular Hbond substituents is 1. The molecule has 0 aliphatic carbocycles. The zero-order valence-electron chi connectivity index (χ0n) is 11.0. The summed E-state index contributed by atoms with van der Waals surface area (Å²) in [4.78, 5) is 11.8. The smallest absolute Gasteiger partial charge is 0.359 e. The molecule has 0 aliphatic rings. The molecule has 0 radical (unpaired) electrons. The fourth-order valence-corrected chi connectivity index (χ4v) is 2.07. The quantitative estimate of drug-likeness (QED) is 0.725. The predicted octanol–water partition coefficient (Wildman–Crippen LogP) is 3.25. The van der Waals surface area contributed by atoms with Gasteiger partial charge in [-0.25, -0.2) is 9.18 Å². The second-order valence-corrected chi connectivity index (χ2v) is 4.65. The molecule has 1 aromatic heterocycles. The average molecular weight is 285 g/mol. The lowest BCUT2D eigenvalue weighted by Gasteiger charge is -2.06. The van der Waals surface area contributed by atoms with Crippen LogP contribution in [0.5, 0.6) is 5.75 Å². The molecule has 0 aliphatic heterocycles. The number of halogens is 1. The molecule has 0 saturated carbocycles. The molecule has 3 aromatic rings. The summed E-state index contributed by atoms with van der Waals surface area (Å²) in [5.41, 5.74) is 0.790. The summed E-state index contributed by atoms with van der Waals surface area (Å²) in [6.07, 6.45) is 0. The Bertz CT molecular complexity index is 858. The lowest BCUT2D eigenvalue weighted by atomic mass is 10.2. The van der Waals surface area contributed by atoms with Gasteiger partial charge >= 0.3 is 5.63 Å². The van der Waals surface area contributed by atoms with E-state index in [2.05, 4.69) is 5.32 Å². The second kappa shape index (κ2) is 5.28. The summed E-state index contributed by atoms with van der Waals surface area (Å²) >= 11 is 0. The van der Waals surface area contributed by atoms with Gasteiger partial charge in [-0.1, -0.05) is 12.1 Å². The van der Waals surface area contributed by atoms with Crippen molar-refractivity contribution in [2.45, 2.75) is 6.54 Å². The molecule has 106 valence electrons. The number of aromatic hydroxyl groups is 1. The Morgan fingerprint density at radius 2 is 2.00 bits per heavy atom. The number of hydrogen-bond donors (Lipinski definition) is 2. The third-order valence-electron chi connectivity index (χ3n) is 3.09. The van der Waals surface area contributed by atoms with E-state index in [-0.39, 0.29) is 17.3 Å². The summed E-state index contributed by atoms with van der Waals surface area (Å²) in [5, 5.41) is 13.0. The number of anilines is 1. The largest absolute Gasteiger partial charge is 0.508 e. The van der Waals surface area contributed by atoms with Gasteiger partial charge < -0.3 is 14.8 Å². The van der Waals surface area contributed by atoms with Gasteiger partial charge in [-0.3, -0.25) is 0 Å². The van der Waals surface area contributed by atoms with E-state index in [0.29, 0.717) is 17.5 Å². The van der Waals surface area contributed by atoms with E-state index < -0.39 is 5.63 Å². The standard InChI is InChI=1S/C16H12FNO3/c17-12-3-1-2-10(6-12)9-18-14-7-11-4-5-13(19)8-15(11)21-16(14)20/h1-8,18-19H,9H2. The Labute approximate surface area is 119 Å². The highest BCUT2D eigenvalue weighted by Crippen LogP contribution is 2.20. The van der Waals surface area contributed by atoms with Crippen molar-refractivity contribution in [2.24, 2.45) is 0 Å². The molecule has 0 bridgehead atoms. The number of fused-ring (bicyclic) bond motifs is 1. The van der Waals surface area contributed by atoms with Crippen molar-refractivity contribution in [3.8, 4) is 5.75 Å². The molecule has 0 spiro atoms. The zero-order valence-corrected chi connectivity index (χ0v) is 11.0. The van der Waals surface area contributed by atoms with Crippen molar-refractivity contribution >= 4 is 16.7 Å². The Hall–Kier alpha value is -2.82. The molecule has 0 unspecified atom stereocenters. The molecular formula is C16H12FNO3. The van der Waals surface area contributed by atoms with Crippen LogP contribution in [0.2, 0.25) is 0 Å². The first-order valence-corrected chi connectivity index (χ1v) is 6.37. The van der Waals surface area contributed by atoms with Crippen molar-refractivity contribution in [3.05, 3.63) is 70.3 Å². The van der Waals surface area contributed by atoms with E-state index in [1.165, 1.54) is 24.3 Å². The average Bonchev–Trinajstić information content (AvgIpc) is 2.45. The van der Waals surface area contributed by atoms with Crippen LogP contribution in [0.4, 0.5) is 10.1 Å². The molecule has 2 aromatic carbocycles. The minimum atomic E-state index is -0.537. The predicted molar refractivity (Wildman–Crippen MR) is 77.9 cm³/mol. The fraction of sp³-hybridized carbons (Fsp3) is 0.0625. The molecule has 21 heavy (non-hydrogen) atoms. The third kappa shape index (κ3) is 2.86. The van der Waals surface area contributed by atoms with Gasteiger partial charge in [0.25, 0.3) is 0 Å². The molecule has 0 fully saturated rings. The fourth-order valence-electron chi connectivity index (χ4n) is 2.07. The van der Waals surface area contributed by atoms with Crippen molar-refractivity contribution in [2.75, 3.05) is 5.32 Å². The maximum Gasteiger partial charge on any atom is 0.359 e. The maximum atomic E-state index is 13.1. The highest BCUT2D eigenvalue weighted by molar-refractivity contribution is 5.80. The highest BCUT2D eigenvalue weighted by atomic mass is 19.1. The summed E-state index contributed by atoms with van der Waals surface area (Å²) in [5.74, 6) is -0.290. The normalized spacial score (nSPS) is 10.7. The van der Waals surface area contributed by atoms with Crippen molar-refractivity contribution < 1.29 is 13.9 Å². The van der Waals surface area contributed by atoms with Crippen LogP contribution in [0, 0.1) is 5.82 Å². The second-order valence-electron chi connectivity index (χ2n) is 4.65. The van der Waals surface area contributed by atoms with Crippen LogP contribution in [0.1, 0.15) is 5.56 Å². The van der Waals surface area contributed by atoms with Crippen LogP contribution < -0.4 is 10.9 Å². The first-order valence-electron chi connectivity index (χ1n) is 6.37. The zero-order chi connectivity index (χ0) is 14.8. The molecule has 0 amide bonds. The number of benzene rings is 2. The minimum Gasteiger partial charge on any atom is -0.508 e. The van der Waals surface area contributed by atoms with Crippen LogP contribution in [0.3, 0.4) is 0 Å². The van der Waals surface area contributed by atoms with Crippen molar-refractivity contribution in [1.29, 1.82) is 0 Å². The van der Waals surface area contributed by atoms with Gasteiger partial charge in [-0.05, 0) is 35.9 Å². The van der Waals surface area contributed by atoms with Crippen LogP contribution in [-0.2, 0) is 6.54 Å².